The summed E-state index contributed by atoms with van der Waals surface area (Å²) in [5.41, 5.74) is 1.95. The van der Waals surface area contributed by atoms with Crippen molar-refractivity contribution in [3.05, 3.63) is 0 Å². The molecule has 0 aromatic carbocycles. The number of morpholine rings is 2. The van der Waals surface area contributed by atoms with Crippen molar-refractivity contribution in [2.75, 3.05) is 100 Å². The van der Waals surface area contributed by atoms with E-state index in [9.17, 15) is 0 Å². The molecule has 4 aromatic rings. The molecule has 2 aliphatic heterocycles. The zero-order chi connectivity index (χ0) is 23.4. The summed E-state index contributed by atoms with van der Waals surface area (Å²) in [5, 5.41) is 1.11. The third kappa shape index (κ3) is 3.60. The topological polar surface area (TPSA) is 83.0 Å². The van der Waals surface area contributed by atoms with E-state index in [1.165, 1.54) is 4.01 Å². The molecule has 12 heteroatoms. The van der Waals surface area contributed by atoms with Crippen molar-refractivity contribution in [1.82, 2.24) is 19.9 Å². The van der Waals surface area contributed by atoms with Crippen LogP contribution >= 0.6 is 22.7 Å². The Kier molecular flexibility index (Phi) is 5.55. The second-order valence-corrected chi connectivity index (χ2v) is 11.2. The number of aromatic nitrogens is 4. The zero-order valence-electron chi connectivity index (χ0n) is 19.9. The van der Waals surface area contributed by atoms with Crippen LogP contribution in [0.1, 0.15) is 0 Å². The van der Waals surface area contributed by atoms with Crippen molar-refractivity contribution in [2.45, 2.75) is 0 Å². The molecule has 2 saturated heterocycles. The van der Waals surface area contributed by atoms with E-state index < -0.39 is 0 Å². The highest BCUT2D eigenvalue weighted by Crippen LogP contribution is 2.48. The fraction of sp³-hybridized carbons (Fsp3) is 0.545. The third-order valence-corrected chi connectivity index (χ3v) is 8.60. The maximum Gasteiger partial charge on any atom is 0.227 e. The van der Waals surface area contributed by atoms with E-state index in [1.54, 1.807) is 22.7 Å². The molecule has 2 aliphatic rings. The minimum Gasteiger partial charge on any atom is -0.378 e. The average Bonchev–Trinajstić information content (AvgIpc) is 3.40. The van der Waals surface area contributed by atoms with Gasteiger partial charge < -0.3 is 29.1 Å². The minimum atomic E-state index is 0.711. The zero-order valence-corrected chi connectivity index (χ0v) is 21.5. The molecule has 2 fully saturated rings. The molecular formula is C22H28N8O2S2. The summed E-state index contributed by atoms with van der Waals surface area (Å²) >= 11 is 3.53. The van der Waals surface area contributed by atoms with Crippen LogP contribution in [0.3, 0.4) is 0 Å². The van der Waals surface area contributed by atoms with Gasteiger partial charge in [-0.3, -0.25) is 0 Å². The van der Waals surface area contributed by atoms with E-state index in [-0.39, 0.29) is 0 Å². The van der Waals surface area contributed by atoms with Crippen LogP contribution in [0.25, 0.3) is 29.8 Å². The van der Waals surface area contributed by atoms with Gasteiger partial charge in [0.1, 0.15) is 0 Å². The van der Waals surface area contributed by atoms with E-state index in [0.29, 0.717) is 38.3 Å². The molecular weight excluding hydrogens is 472 g/mol. The van der Waals surface area contributed by atoms with E-state index in [0.717, 1.165) is 63.6 Å². The number of hydrogen-bond donors (Lipinski definition) is 0. The lowest BCUT2D eigenvalue weighted by atomic mass is 10.2. The van der Waals surface area contributed by atoms with Crippen LogP contribution in [0.5, 0.6) is 0 Å². The monoisotopic (exact) mass is 500 g/mol. The van der Waals surface area contributed by atoms with Gasteiger partial charge in [0.25, 0.3) is 0 Å². The summed E-state index contributed by atoms with van der Waals surface area (Å²) in [4.78, 5) is 28.5. The van der Waals surface area contributed by atoms with E-state index in [2.05, 4.69) is 9.80 Å². The molecule has 0 atom stereocenters. The molecule has 34 heavy (non-hydrogen) atoms. The molecule has 0 saturated carbocycles. The Morgan fingerprint density at radius 1 is 0.647 bits per heavy atom. The highest BCUT2D eigenvalue weighted by Gasteiger charge is 2.27. The molecule has 0 radical (unpaired) electrons. The van der Waals surface area contributed by atoms with Crippen LogP contribution in [0, 0.1) is 0 Å². The largest absolute Gasteiger partial charge is 0.378 e. The van der Waals surface area contributed by atoms with Gasteiger partial charge in [-0.05, 0) is 0 Å². The van der Waals surface area contributed by atoms with Gasteiger partial charge in [0.05, 0.1) is 56.3 Å². The summed E-state index contributed by atoms with van der Waals surface area (Å²) < 4.78 is 14.6. The van der Waals surface area contributed by atoms with E-state index >= 15 is 0 Å². The third-order valence-electron chi connectivity index (χ3n) is 6.16. The summed E-state index contributed by atoms with van der Waals surface area (Å²) in [6, 6.07) is 0. The molecule has 0 unspecified atom stereocenters. The Bertz CT molecular complexity index is 1260. The lowest BCUT2D eigenvalue weighted by Crippen LogP contribution is -2.37. The maximum atomic E-state index is 5.59. The average molecular weight is 501 g/mol. The van der Waals surface area contributed by atoms with Crippen LogP contribution in [-0.4, -0.2) is 101 Å². The Balaban J connectivity index is 1.63. The molecule has 0 N–H and O–H groups in total. The van der Waals surface area contributed by atoms with Crippen molar-refractivity contribution in [3.8, 4) is 0 Å². The van der Waals surface area contributed by atoms with Gasteiger partial charge in [0.15, 0.2) is 11.6 Å². The van der Waals surface area contributed by atoms with Crippen LogP contribution in [0.2, 0.25) is 0 Å². The standard InChI is InChI=1S/C22H28N8O2S2/c1-27(2)21-23-14-13-15-17(19(26-22(24-15)28(3)4)30-7-11-32-12-8-30)34-20(13)33-16(14)18(25-21)29-5-9-31-10-6-29/h5-12H2,1-4H3. The molecule has 4 aromatic heterocycles. The van der Waals surface area contributed by atoms with Crippen LogP contribution in [-0.2, 0) is 9.47 Å². The number of fused-ring (bicyclic) bond motifs is 5. The van der Waals surface area contributed by atoms with Gasteiger partial charge in [0.2, 0.25) is 11.9 Å². The highest BCUT2D eigenvalue weighted by atomic mass is 32.2. The lowest BCUT2D eigenvalue weighted by Gasteiger charge is -2.29. The number of rotatable bonds is 4. The summed E-state index contributed by atoms with van der Waals surface area (Å²) in [7, 11) is 7.95. The van der Waals surface area contributed by atoms with E-state index in [4.69, 9.17) is 29.4 Å². The highest BCUT2D eigenvalue weighted by molar-refractivity contribution is 7.45. The number of nitrogens with zero attached hydrogens (tertiary/aromatic N) is 8. The summed E-state index contributed by atoms with van der Waals surface area (Å²) in [6.07, 6.45) is 0. The van der Waals surface area contributed by atoms with Crippen molar-refractivity contribution in [2.24, 2.45) is 0 Å². The fourth-order valence-corrected chi connectivity index (χ4v) is 7.02. The first kappa shape index (κ1) is 22.0. The van der Waals surface area contributed by atoms with Crippen LogP contribution in [0.15, 0.2) is 0 Å². The lowest BCUT2D eigenvalue weighted by molar-refractivity contribution is 0.122. The van der Waals surface area contributed by atoms with Gasteiger partial charge in [0, 0.05) is 54.4 Å². The van der Waals surface area contributed by atoms with Gasteiger partial charge in [-0.15, -0.1) is 22.7 Å². The molecule has 0 spiro atoms. The van der Waals surface area contributed by atoms with Gasteiger partial charge in [-0.2, -0.15) is 9.97 Å². The Labute approximate surface area is 205 Å². The second kappa shape index (κ2) is 8.59. The van der Waals surface area contributed by atoms with Crippen molar-refractivity contribution >= 4 is 76.0 Å². The molecule has 0 amide bonds. The first-order valence-corrected chi connectivity index (χ1v) is 13.1. The number of ether oxygens (including phenoxy) is 2. The molecule has 10 nitrogen and oxygen atoms in total. The molecule has 6 heterocycles. The van der Waals surface area contributed by atoms with Gasteiger partial charge >= 0.3 is 0 Å². The van der Waals surface area contributed by atoms with Crippen molar-refractivity contribution < 1.29 is 9.47 Å². The fourth-order valence-electron chi connectivity index (χ4n) is 4.37. The second-order valence-electron chi connectivity index (χ2n) is 8.90. The summed E-state index contributed by atoms with van der Waals surface area (Å²) in [5.74, 6) is 3.41. The minimum absolute atomic E-state index is 0.711. The first-order chi connectivity index (χ1) is 16.5. The van der Waals surface area contributed by atoms with Gasteiger partial charge in [-0.1, -0.05) is 0 Å². The predicted molar refractivity (Wildman–Crippen MR) is 141 cm³/mol. The number of anilines is 4. The molecule has 6 rings (SSSR count). The van der Waals surface area contributed by atoms with Crippen molar-refractivity contribution in [3.63, 3.8) is 0 Å². The van der Waals surface area contributed by atoms with Gasteiger partial charge in [-0.25, -0.2) is 9.97 Å². The molecule has 0 aliphatic carbocycles. The Morgan fingerprint density at radius 3 is 1.44 bits per heavy atom. The Hall–Kier alpha value is -2.54. The van der Waals surface area contributed by atoms with Crippen LogP contribution in [0.4, 0.5) is 23.5 Å². The summed E-state index contributed by atoms with van der Waals surface area (Å²) in [6.45, 7) is 6.20. The first-order valence-electron chi connectivity index (χ1n) is 11.5. The predicted octanol–water partition coefficient (Wildman–Crippen LogP) is 2.65. The maximum absolute atomic E-state index is 5.59. The molecule has 0 bridgehead atoms. The van der Waals surface area contributed by atoms with Crippen LogP contribution < -0.4 is 19.6 Å². The Morgan fingerprint density at radius 2 is 1.06 bits per heavy atom. The number of thiophene rings is 2. The number of hydrogen-bond acceptors (Lipinski definition) is 12. The van der Waals surface area contributed by atoms with E-state index in [1.807, 2.05) is 38.0 Å². The SMILES string of the molecule is CN(C)c1nc(N2CCOCC2)c2sc3sc4c(N5CCOCC5)nc(N(C)C)nc4c3c2n1. The van der Waals surface area contributed by atoms with Crippen molar-refractivity contribution in [1.29, 1.82) is 0 Å². The quantitative estimate of drug-likeness (QED) is 0.417. The normalized spacial score (nSPS) is 17.3. The smallest absolute Gasteiger partial charge is 0.227 e. The molecule has 180 valence electrons.